The van der Waals surface area contributed by atoms with Crippen LogP contribution in [0.1, 0.15) is 38.8 Å². The van der Waals surface area contributed by atoms with Crippen molar-refractivity contribution in [1.82, 2.24) is 0 Å². The van der Waals surface area contributed by atoms with Crippen LogP contribution in [0.5, 0.6) is 0 Å². The number of aryl methyl sites for hydroxylation is 1. The Morgan fingerprint density at radius 1 is 1.20 bits per heavy atom. The molecule has 0 radical (unpaired) electrons. The lowest BCUT2D eigenvalue weighted by Gasteiger charge is -2.24. The molecule has 0 fully saturated rings. The van der Waals surface area contributed by atoms with Crippen molar-refractivity contribution in [2.24, 2.45) is 0 Å². The molecule has 0 aromatic heterocycles. The van der Waals surface area contributed by atoms with Crippen LogP contribution in [0.3, 0.4) is 0 Å². The molecule has 6 heteroatoms. The third kappa shape index (κ3) is 3.52. The van der Waals surface area contributed by atoms with Crippen molar-refractivity contribution in [3.63, 3.8) is 0 Å². The van der Waals surface area contributed by atoms with Crippen molar-refractivity contribution in [2.45, 2.75) is 25.9 Å². The standard InChI is InChI=1S/C19H17NO5/c1-2-11-3-8-15-13(9-11)10-16(25-19(15)24)17(21)20-14-6-4-12(5-7-14)18(22)23/h3-9,16H,2,10H2,1H3,(H,20,21)(H,22,23). The molecule has 6 nitrogen and oxygen atoms in total. The van der Waals surface area contributed by atoms with Gasteiger partial charge >= 0.3 is 11.9 Å². The number of carboxylic acids is 1. The van der Waals surface area contributed by atoms with E-state index < -0.39 is 23.9 Å². The Hall–Kier alpha value is -3.15. The molecular weight excluding hydrogens is 322 g/mol. The Kier molecular flexibility index (Phi) is 4.52. The van der Waals surface area contributed by atoms with Gasteiger partial charge in [-0.25, -0.2) is 9.59 Å². The van der Waals surface area contributed by atoms with Gasteiger partial charge in [0.05, 0.1) is 11.1 Å². The number of carboxylic acid groups (broad SMARTS) is 1. The molecular formula is C19H17NO5. The smallest absolute Gasteiger partial charge is 0.339 e. The average Bonchev–Trinajstić information content (AvgIpc) is 2.61. The molecule has 0 spiro atoms. The Bertz CT molecular complexity index is 841. The van der Waals surface area contributed by atoms with E-state index in [-0.39, 0.29) is 5.56 Å². The van der Waals surface area contributed by atoms with Gasteiger partial charge in [-0.3, -0.25) is 4.79 Å². The molecule has 1 atom stereocenters. The second kappa shape index (κ2) is 6.76. The lowest BCUT2D eigenvalue weighted by Crippen LogP contribution is -2.38. The fourth-order valence-electron chi connectivity index (χ4n) is 2.73. The number of rotatable bonds is 4. The maximum absolute atomic E-state index is 12.4. The van der Waals surface area contributed by atoms with Crippen LogP contribution in [0.2, 0.25) is 0 Å². The van der Waals surface area contributed by atoms with Gasteiger partial charge in [0.2, 0.25) is 0 Å². The van der Waals surface area contributed by atoms with Crippen LogP contribution in [0.4, 0.5) is 5.69 Å². The third-order valence-corrected chi connectivity index (χ3v) is 4.14. The average molecular weight is 339 g/mol. The van der Waals surface area contributed by atoms with Gasteiger partial charge < -0.3 is 15.2 Å². The van der Waals surface area contributed by atoms with E-state index in [9.17, 15) is 14.4 Å². The number of cyclic esters (lactones) is 1. The van der Waals surface area contributed by atoms with Crippen molar-refractivity contribution in [1.29, 1.82) is 0 Å². The van der Waals surface area contributed by atoms with Gasteiger partial charge in [-0.1, -0.05) is 19.1 Å². The fourth-order valence-corrected chi connectivity index (χ4v) is 2.73. The Labute approximate surface area is 144 Å². The molecule has 128 valence electrons. The SMILES string of the molecule is CCc1ccc2c(c1)CC(C(=O)Nc1ccc(C(=O)O)cc1)OC2=O. The summed E-state index contributed by atoms with van der Waals surface area (Å²) in [5.74, 6) is -1.99. The van der Waals surface area contributed by atoms with Crippen LogP contribution in [0, 0.1) is 0 Å². The van der Waals surface area contributed by atoms with Gasteiger partial charge in [0.1, 0.15) is 0 Å². The van der Waals surface area contributed by atoms with Crippen molar-refractivity contribution in [3.05, 3.63) is 64.7 Å². The summed E-state index contributed by atoms with van der Waals surface area (Å²) in [6.45, 7) is 2.02. The van der Waals surface area contributed by atoms with Crippen LogP contribution in [0.15, 0.2) is 42.5 Å². The molecule has 1 aliphatic heterocycles. The normalized spacial score (nSPS) is 15.9. The van der Waals surface area contributed by atoms with Crippen LogP contribution in [-0.4, -0.2) is 29.1 Å². The highest BCUT2D eigenvalue weighted by Crippen LogP contribution is 2.23. The summed E-state index contributed by atoms with van der Waals surface area (Å²) in [5, 5.41) is 11.5. The summed E-state index contributed by atoms with van der Waals surface area (Å²) in [4.78, 5) is 35.3. The summed E-state index contributed by atoms with van der Waals surface area (Å²) in [5.41, 5.74) is 2.96. The number of hydrogen-bond donors (Lipinski definition) is 2. The second-order valence-corrected chi connectivity index (χ2v) is 5.81. The molecule has 2 aromatic carbocycles. The monoisotopic (exact) mass is 339 g/mol. The molecule has 1 heterocycles. The van der Waals surface area contributed by atoms with Crippen molar-refractivity contribution < 1.29 is 24.2 Å². The first kappa shape index (κ1) is 16.7. The van der Waals surface area contributed by atoms with Gasteiger partial charge in [-0.2, -0.15) is 0 Å². The van der Waals surface area contributed by atoms with Gasteiger partial charge in [0, 0.05) is 12.1 Å². The number of aromatic carboxylic acids is 1. The predicted octanol–water partition coefficient (Wildman–Crippen LogP) is 2.67. The molecule has 0 aliphatic carbocycles. The molecule has 0 saturated carbocycles. The second-order valence-electron chi connectivity index (χ2n) is 5.81. The highest BCUT2D eigenvalue weighted by molar-refractivity contribution is 6.00. The van der Waals surface area contributed by atoms with E-state index in [2.05, 4.69) is 5.32 Å². The number of hydrogen-bond acceptors (Lipinski definition) is 4. The number of amides is 1. The van der Waals surface area contributed by atoms with E-state index in [1.54, 1.807) is 6.07 Å². The van der Waals surface area contributed by atoms with E-state index in [1.807, 2.05) is 19.1 Å². The third-order valence-electron chi connectivity index (χ3n) is 4.14. The summed E-state index contributed by atoms with van der Waals surface area (Å²) in [6.07, 6.45) is 0.245. The van der Waals surface area contributed by atoms with Gasteiger partial charge in [0.25, 0.3) is 5.91 Å². The molecule has 3 rings (SSSR count). The zero-order valence-corrected chi connectivity index (χ0v) is 13.6. The summed E-state index contributed by atoms with van der Waals surface area (Å²) in [7, 11) is 0. The number of ether oxygens (including phenoxy) is 1. The Morgan fingerprint density at radius 3 is 2.56 bits per heavy atom. The number of esters is 1. The van der Waals surface area contributed by atoms with E-state index in [1.165, 1.54) is 24.3 Å². The zero-order chi connectivity index (χ0) is 18.0. The van der Waals surface area contributed by atoms with Crippen LogP contribution in [-0.2, 0) is 22.4 Å². The quantitative estimate of drug-likeness (QED) is 0.836. The molecule has 1 unspecified atom stereocenters. The maximum Gasteiger partial charge on any atom is 0.339 e. The van der Waals surface area contributed by atoms with Crippen molar-refractivity contribution in [3.8, 4) is 0 Å². The molecule has 1 amide bonds. The van der Waals surface area contributed by atoms with Gasteiger partial charge in [-0.15, -0.1) is 0 Å². The molecule has 2 N–H and O–H groups in total. The van der Waals surface area contributed by atoms with E-state index in [4.69, 9.17) is 9.84 Å². The van der Waals surface area contributed by atoms with Crippen LogP contribution < -0.4 is 5.32 Å². The lowest BCUT2D eigenvalue weighted by molar-refractivity contribution is -0.125. The van der Waals surface area contributed by atoms with Gasteiger partial charge in [-0.05, 0) is 47.9 Å². The van der Waals surface area contributed by atoms with Crippen LogP contribution in [0.25, 0.3) is 0 Å². The molecule has 1 aliphatic rings. The number of fused-ring (bicyclic) bond motifs is 1. The largest absolute Gasteiger partial charge is 0.478 e. The Balaban J connectivity index is 1.74. The first-order chi connectivity index (χ1) is 12.0. The number of nitrogens with one attached hydrogen (secondary N) is 1. The van der Waals surface area contributed by atoms with E-state index in [0.29, 0.717) is 17.7 Å². The van der Waals surface area contributed by atoms with Crippen molar-refractivity contribution in [2.75, 3.05) is 5.32 Å². The molecule has 2 aromatic rings. The zero-order valence-electron chi connectivity index (χ0n) is 13.6. The molecule has 0 saturated heterocycles. The number of carbonyl (C=O) groups excluding carboxylic acids is 2. The number of anilines is 1. The van der Waals surface area contributed by atoms with Gasteiger partial charge in [0.15, 0.2) is 6.10 Å². The Morgan fingerprint density at radius 2 is 1.92 bits per heavy atom. The molecule has 25 heavy (non-hydrogen) atoms. The lowest BCUT2D eigenvalue weighted by atomic mass is 9.95. The highest BCUT2D eigenvalue weighted by Gasteiger charge is 2.31. The number of carbonyl (C=O) groups is 3. The predicted molar refractivity (Wildman–Crippen MR) is 90.8 cm³/mol. The minimum absolute atomic E-state index is 0.128. The first-order valence-corrected chi connectivity index (χ1v) is 7.95. The first-order valence-electron chi connectivity index (χ1n) is 7.95. The fraction of sp³-hybridized carbons (Fsp3) is 0.211. The summed E-state index contributed by atoms with van der Waals surface area (Å²) < 4.78 is 5.24. The van der Waals surface area contributed by atoms with Crippen molar-refractivity contribution >= 4 is 23.5 Å². The van der Waals surface area contributed by atoms with Crippen LogP contribution >= 0.6 is 0 Å². The number of benzene rings is 2. The van der Waals surface area contributed by atoms with E-state index >= 15 is 0 Å². The molecule has 0 bridgehead atoms. The highest BCUT2D eigenvalue weighted by atomic mass is 16.5. The summed E-state index contributed by atoms with van der Waals surface area (Å²) >= 11 is 0. The minimum atomic E-state index is -1.04. The topological polar surface area (TPSA) is 92.7 Å². The maximum atomic E-state index is 12.4. The summed E-state index contributed by atoms with van der Waals surface area (Å²) in [6, 6.07) is 11.3. The van der Waals surface area contributed by atoms with E-state index in [0.717, 1.165) is 17.5 Å². The minimum Gasteiger partial charge on any atom is -0.478 e.